The Balaban J connectivity index is 1.41. The van der Waals surface area contributed by atoms with Gasteiger partial charge in [0.1, 0.15) is 0 Å². The molecule has 2 aromatic carbocycles. The van der Waals surface area contributed by atoms with Crippen molar-refractivity contribution in [3.05, 3.63) is 71.9 Å². The monoisotopic (exact) mass is 430 g/mol. The average molecular weight is 431 g/mol. The van der Waals surface area contributed by atoms with E-state index in [1.807, 2.05) is 35.0 Å². The first-order valence-corrected chi connectivity index (χ1v) is 11.8. The van der Waals surface area contributed by atoms with Crippen LogP contribution in [0, 0.1) is 6.92 Å². The van der Waals surface area contributed by atoms with Crippen molar-refractivity contribution >= 4 is 5.91 Å². The van der Waals surface area contributed by atoms with Gasteiger partial charge in [0.25, 0.3) is 0 Å². The van der Waals surface area contributed by atoms with Crippen LogP contribution in [0.1, 0.15) is 43.7 Å². The molecule has 1 N–H and O–H groups in total. The largest absolute Gasteiger partial charge is 0.355 e. The minimum absolute atomic E-state index is 0.108. The van der Waals surface area contributed by atoms with E-state index < -0.39 is 0 Å². The minimum Gasteiger partial charge on any atom is -0.355 e. The van der Waals surface area contributed by atoms with Gasteiger partial charge < -0.3 is 5.32 Å². The first-order valence-electron chi connectivity index (χ1n) is 11.8. The highest BCUT2D eigenvalue weighted by Crippen LogP contribution is 2.25. The topological polar surface area (TPSA) is 50.2 Å². The zero-order valence-corrected chi connectivity index (χ0v) is 19.3. The molecule has 0 bridgehead atoms. The summed E-state index contributed by atoms with van der Waals surface area (Å²) < 4.78 is 1.92. The molecule has 0 unspecified atom stereocenters. The van der Waals surface area contributed by atoms with Crippen molar-refractivity contribution < 1.29 is 4.79 Å². The average Bonchev–Trinajstić information content (AvgIpc) is 3.24. The summed E-state index contributed by atoms with van der Waals surface area (Å²) in [5.41, 5.74) is 5.37. The number of likely N-dealkylation sites (tertiary alicyclic amines) is 1. The molecule has 0 radical (unpaired) electrons. The zero-order chi connectivity index (χ0) is 22.3. The van der Waals surface area contributed by atoms with Gasteiger partial charge >= 0.3 is 0 Å². The highest BCUT2D eigenvalue weighted by molar-refractivity contribution is 5.76. The molecule has 0 aliphatic carbocycles. The molecule has 1 aromatic heterocycles. The maximum atomic E-state index is 12.6. The molecule has 1 amide bonds. The van der Waals surface area contributed by atoms with Crippen LogP contribution in [0.15, 0.2) is 60.8 Å². The van der Waals surface area contributed by atoms with Crippen LogP contribution in [0.2, 0.25) is 0 Å². The molecular formula is C27H34N4O. The van der Waals surface area contributed by atoms with Crippen LogP contribution in [0.3, 0.4) is 0 Å². The third kappa shape index (κ3) is 5.65. The lowest BCUT2D eigenvalue weighted by Crippen LogP contribution is -2.42. The number of carbonyl (C=O) groups excluding carboxylic acids is 1. The van der Waals surface area contributed by atoms with Gasteiger partial charge in [-0.1, -0.05) is 54.4 Å². The number of rotatable bonds is 8. The smallest absolute Gasteiger partial charge is 0.220 e. The maximum absolute atomic E-state index is 12.6. The Bertz CT molecular complexity index is 1010. The Labute approximate surface area is 191 Å². The SMILES string of the molecule is Cc1ccc(-c2nn(-c3ccccc3)cc2CCC(=O)NCCN2CCCC[C@@H]2C)cc1. The minimum atomic E-state index is 0.108. The second kappa shape index (κ2) is 10.6. The van der Waals surface area contributed by atoms with Crippen LogP contribution in [0.25, 0.3) is 16.9 Å². The van der Waals surface area contributed by atoms with Gasteiger partial charge in [-0.25, -0.2) is 4.68 Å². The van der Waals surface area contributed by atoms with Crippen molar-refractivity contribution in [2.24, 2.45) is 0 Å². The molecule has 5 heteroatoms. The molecule has 32 heavy (non-hydrogen) atoms. The summed E-state index contributed by atoms with van der Waals surface area (Å²) in [6.07, 6.45) is 7.06. The molecule has 4 rings (SSSR count). The van der Waals surface area contributed by atoms with Gasteiger partial charge in [-0.05, 0) is 57.4 Å². The lowest BCUT2D eigenvalue weighted by atomic mass is 10.0. The van der Waals surface area contributed by atoms with Crippen LogP contribution >= 0.6 is 0 Å². The summed E-state index contributed by atoms with van der Waals surface area (Å²) in [6, 6.07) is 19.2. The summed E-state index contributed by atoms with van der Waals surface area (Å²) in [4.78, 5) is 15.0. The number of aryl methyl sites for hydroxylation is 2. The number of amides is 1. The van der Waals surface area contributed by atoms with Crippen molar-refractivity contribution in [2.45, 2.75) is 52.0 Å². The third-order valence-electron chi connectivity index (χ3n) is 6.42. The van der Waals surface area contributed by atoms with E-state index in [0.29, 0.717) is 18.9 Å². The third-order valence-corrected chi connectivity index (χ3v) is 6.42. The number of carbonyl (C=O) groups is 1. The van der Waals surface area contributed by atoms with Gasteiger partial charge in [0.2, 0.25) is 5.91 Å². The van der Waals surface area contributed by atoms with Gasteiger partial charge in [-0.2, -0.15) is 5.10 Å². The number of hydrogen-bond donors (Lipinski definition) is 1. The normalized spacial score (nSPS) is 16.8. The number of piperidine rings is 1. The Morgan fingerprint density at radius 1 is 1.09 bits per heavy atom. The van der Waals surface area contributed by atoms with Gasteiger partial charge in [-0.15, -0.1) is 0 Å². The first kappa shape index (κ1) is 22.3. The predicted molar refractivity (Wildman–Crippen MR) is 130 cm³/mol. The first-order chi connectivity index (χ1) is 15.6. The number of benzene rings is 2. The molecule has 3 aromatic rings. The number of nitrogens with zero attached hydrogens (tertiary/aromatic N) is 3. The second-order valence-corrected chi connectivity index (χ2v) is 8.88. The second-order valence-electron chi connectivity index (χ2n) is 8.88. The van der Waals surface area contributed by atoms with Crippen molar-refractivity contribution in [3.63, 3.8) is 0 Å². The summed E-state index contributed by atoms with van der Waals surface area (Å²) >= 11 is 0. The molecule has 5 nitrogen and oxygen atoms in total. The van der Waals surface area contributed by atoms with Crippen LogP contribution < -0.4 is 5.32 Å². The van der Waals surface area contributed by atoms with E-state index in [9.17, 15) is 4.79 Å². The molecular weight excluding hydrogens is 396 g/mol. The standard InChI is InChI=1S/C27H34N4O/c1-21-11-13-23(14-12-21)27-24(20-31(29-27)25-9-4-3-5-10-25)15-16-26(32)28-17-19-30-18-7-6-8-22(30)2/h3-5,9-14,20,22H,6-8,15-19H2,1-2H3,(H,28,32)/t22-/m0/s1. The Morgan fingerprint density at radius 3 is 2.62 bits per heavy atom. The van der Waals surface area contributed by atoms with E-state index >= 15 is 0 Å². The van der Waals surface area contributed by atoms with Gasteiger partial charge in [0.15, 0.2) is 0 Å². The van der Waals surface area contributed by atoms with E-state index in [-0.39, 0.29) is 5.91 Å². The number of aromatic nitrogens is 2. The highest BCUT2D eigenvalue weighted by Gasteiger charge is 2.18. The maximum Gasteiger partial charge on any atom is 0.220 e. The quantitative estimate of drug-likeness (QED) is 0.560. The van der Waals surface area contributed by atoms with Crippen molar-refractivity contribution in [2.75, 3.05) is 19.6 Å². The Kier molecular flexibility index (Phi) is 7.38. The highest BCUT2D eigenvalue weighted by atomic mass is 16.1. The molecule has 1 aliphatic heterocycles. The van der Waals surface area contributed by atoms with Crippen molar-refractivity contribution in [1.82, 2.24) is 20.0 Å². The number of para-hydroxylation sites is 1. The summed E-state index contributed by atoms with van der Waals surface area (Å²) in [5, 5.41) is 7.99. The molecule has 1 aliphatic rings. The molecule has 1 fully saturated rings. The van der Waals surface area contributed by atoms with E-state index in [1.54, 1.807) is 0 Å². The summed E-state index contributed by atoms with van der Waals surface area (Å²) in [7, 11) is 0. The van der Waals surface area contributed by atoms with Gasteiger partial charge in [0, 0.05) is 37.3 Å². The predicted octanol–water partition coefficient (Wildman–Crippen LogP) is 4.77. The van der Waals surface area contributed by atoms with Crippen molar-refractivity contribution in [1.29, 1.82) is 0 Å². The molecule has 0 spiro atoms. The van der Waals surface area contributed by atoms with Gasteiger partial charge in [0.05, 0.1) is 11.4 Å². The molecule has 1 atom stereocenters. The van der Waals surface area contributed by atoms with Gasteiger partial charge in [-0.3, -0.25) is 9.69 Å². The van der Waals surface area contributed by atoms with E-state index in [1.165, 1.54) is 24.8 Å². The van der Waals surface area contributed by atoms with E-state index in [4.69, 9.17) is 5.10 Å². The fourth-order valence-electron chi connectivity index (χ4n) is 4.43. The Hall–Kier alpha value is -2.92. The summed E-state index contributed by atoms with van der Waals surface area (Å²) in [5.74, 6) is 0.108. The van der Waals surface area contributed by atoms with Crippen molar-refractivity contribution in [3.8, 4) is 16.9 Å². The molecule has 168 valence electrons. The van der Waals surface area contributed by atoms with Crippen LogP contribution in [-0.4, -0.2) is 46.3 Å². The van der Waals surface area contributed by atoms with Crippen LogP contribution in [0.5, 0.6) is 0 Å². The lowest BCUT2D eigenvalue weighted by Gasteiger charge is -2.33. The zero-order valence-electron chi connectivity index (χ0n) is 19.3. The Morgan fingerprint density at radius 2 is 1.88 bits per heavy atom. The fraction of sp³-hybridized carbons (Fsp3) is 0.407. The fourth-order valence-corrected chi connectivity index (χ4v) is 4.43. The van der Waals surface area contributed by atoms with Crippen LogP contribution in [0.4, 0.5) is 0 Å². The molecule has 1 saturated heterocycles. The number of hydrogen-bond acceptors (Lipinski definition) is 3. The molecule has 2 heterocycles. The number of nitrogens with one attached hydrogen (secondary N) is 1. The molecule has 0 saturated carbocycles. The van der Waals surface area contributed by atoms with E-state index in [2.05, 4.69) is 54.5 Å². The lowest BCUT2D eigenvalue weighted by molar-refractivity contribution is -0.121. The van der Waals surface area contributed by atoms with Crippen LogP contribution in [-0.2, 0) is 11.2 Å². The summed E-state index contributed by atoms with van der Waals surface area (Å²) in [6.45, 7) is 7.18. The van der Waals surface area contributed by atoms with E-state index in [0.717, 1.165) is 42.1 Å².